The van der Waals surface area contributed by atoms with E-state index in [1.54, 1.807) is 48.5 Å². The number of amides is 2. The lowest BCUT2D eigenvalue weighted by Crippen LogP contribution is -2.20. The Balaban J connectivity index is 1.97. The molecule has 2 aromatic rings. The maximum Gasteiger partial charge on any atom is 0.268 e. The van der Waals surface area contributed by atoms with Gasteiger partial charge in [-0.05, 0) is 30.3 Å². The molecule has 1 aliphatic rings. The van der Waals surface area contributed by atoms with E-state index < -0.39 is 5.91 Å². The van der Waals surface area contributed by atoms with Crippen molar-refractivity contribution in [1.29, 1.82) is 5.26 Å². The largest absolute Gasteiger partial charge is 0.321 e. The second kappa shape index (κ2) is 5.95. The van der Waals surface area contributed by atoms with Crippen molar-refractivity contribution >= 4 is 34.8 Å². The molecule has 0 saturated carbocycles. The summed E-state index contributed by atoms with van der Waals surface area (Å²) < 4.78 is 0. The molecule has 2 aromatic carbocycles. The van der Waals surface area contributed by atoms with Gasteiger partial charge in [0, 0.05) is 21.8 Å². The number of carbonyl (C=O) groups excluding carboxylic acids is 2. The maximum atomic E-state index is 12.4. The van der Waals surface area contributed by atoms with E-state index in [4.69, 9.17) is 11.6 Å². The van der Waals surface area contributed by atoms with Gasteiger partial charge in [-0.25, -0.2) is 0 Å². The van der Waals surface area contributed by atoms with Crippen LogP contribution in [-0.2, 0) is 4.79 Å². The van der Waals surface area contributed by atoms with Gasteiger partial charge in [0.2, 0.25) is 0 Å². The molecule has 6 heteroatoms. The average molecular weight is 324 g/mol. The van der Waals surface area contributed by atoms with E-state index in [1.807, 2.05) is 6.07 Å². The van der Waals surface area contributed by atoms with Crippen LogP contribution in [0, 0.1) is 11.3 Å². The third kappa shape index (κ3) is 2.80. The van der Waals surface area contributed by atoms with Crippen LogP contribution in [0.25, 0.3) is 5.70 Å². The zero-order valence-electron chi connectivity index (χ0n) is 11.8. The molecule has 112 valence electrons. The first kappa shape index (κ1) is 14.8. The molecule has 5 nitrogen and oxygen atoms in total. The molecule has 0 atom stereocenters. The zero-order chi connectivity index (χ0) is 16.4. The normalized spacial score (nSPS) is 14.5. The summed E-state index contributed by atoms with van der Waals surface area (Å²) in [7, 11) is 0. The van der Waals surface area contributed by atoms with Crippen LogP contribution >= 0.6 is 11.6 Å². The summed E-state index contributed by atoms with van der Waals surface area (Å²) in [4.78, 5) is 24.3. The molecule has 1 aliphatic heterocycles. The van der Waals surface area contributed by atoms with Gasteiger partial charge >= 0.3 is 0 Å². The molecule has 0 radical (unpaired) electrons. The monoisotopic (exact) mass is 323 g/mol. The molecular formula is C17H10ClN3O2. The number of nitriles is 1. The molecule has 3 rings (SSSR count). The van der Waals surface area contributed by atoms with Crippen LogP contribution < -0.4 is 10.6 Å². The molecule has 0 saturated heterocycles. The first-order valence-corrected chi connectivity index (χ1v) is 7.10. The first-order chi connectivity index (χ1) is 11.1. The minimum Gasteiger partial charge on any atom is -0.321 e. The molecule has 0 fully saturated rings. The summed E-state index contributed by atoms with van der Waals surface area (Å²) in [5.74, 6) is -0.926. The highest BCUT2D eigenvalue weighted by Crippen LogP contribution is 2.27. The van der Waals surface area contributed by atoms with Crippen molar-refractivity contribution < 1.29 is 9.59 Å². The molecule has 0 bridgehead atoms. The van der Waals surface area contributed by atoms with Crippen LogP contribution in [0.3, 0.4) is 0 Å². The number of halogens is 1. The van der Waals surface area contributed by atoms with Crippen molar-refractivity contribution in [3.05, 3.63) is 70.3 Å². The Bertz CT molecular complexity index is 879. The minimum absolute atomic E-state index is 0.154. The lowest BCUT2D eigenvalue weighted by atomic mass is 10.0. The second-order valence-electron chi connectivity index (χ2n) is 4.82. The third-order valence-electron chi connectivity index (χ3n) is 3.37. The number of hydrogen-bond donors (Lipinski definition) is 2. The Kier molecular flexibility index (Phi) is 3.83. The predicted octanol–water partition coefficient (Wildman–Crippen LogP) is 2.96. The molecule has 0 aliphatic carbocycles. The van der Waals surface area contributed by atoms with Crippen LogP contribution in [0.5, 0.6) is 0 Å². The predicted molar refractivity (Wildman–Crippen MR) is 86.5 cm³/mol. The average Bonchev–Trinajstić information content (AvgIpc) is 2.88. The van der Waals surface area contributed by atoms with Gasteiger partial charge in [0.15, 0.2) is 0 Å². The number of nitrogens with one attached hydrogen (secondary N) is 2. The van der Waals surface area contributed by atoms with Crippen LogP contribution in [0.1, 0.15) is 15.9 Å². The number of carbonyl (C=O) groups is 2. The van der Waals surface area contributed by atoms with Gasteiger partial charge in [-0.1, -0.05) is 29.8 Å². The van der Waals surface area contributed by atoms with Crippen LogP contribution in [-0.4, -0.2) is 11.8 Å². The van der Waals surface area contributed by atoms with Gasteiger partial charge in [0.25, 0.3) is 11.8 Å². The van der Waals surface area contributed by atoms with Crippen molar-refractivity contribution in [2.24, 2.45) is 0 Å². The fourth-order valence-electron chi connectivity index (χ4n) is 2.29. The Morgan fingerprint density at radius 3 is 2.39 bits per heavy atom. The summed E-state index contributed by atoms with van der Waals surface area (Å²) in [6.45, 7) is 0. The quantitative estimate of drug-likeness (QED) is 0.658. The standard InChI is InChI=1S/C17H10ClN3O2/c18-10-5-7-11(8-6-10)20-17(23)14(9-19)15-12-3-1-2-4-13(12)16(22)21-15/h1-8H,(H,20,23)(H,21,22). The van der Waals surface area contributed by atoms with E-state index in [9.17, 15) is 14.9 Å². The molecular weight excluding hydrogens is 314 g/mol. The third-order valence-corrected chi connectivity index (χ3v) is 3.62. The van der Waals surface area contributed by atoms with Crippen LogP contribution in [0.2, 0.25) is 5.02 Å². The smallest absolute Gasteiger partial charge is 0.268 e. The lowest BCUT2D eigenvalue weighted by molar-refractivity contribution is -0.112. The highest BCUT2D eigenvalue weighted by molar-refractivity contribution is 6.30. The Morgan fingerprint density at radius 1 is 1.09 bits per heavy atom. The summed E-state index contributed by atoms with van der Waals surface area (Å²) in [6, 6.07) is 15.2. The highest BCUT2D eigenvalue weighted by Gasteiger charge is 2.28. The fraction of sp³-hybridized carbons (Fsp3) is 0. The second-order valence-corrected chi connectivity index (χ2v) is 5.26. The number of rotatable bonds is 2. The van der Waals surface area contributed by atoms with Gasteiger partial charge in [-0.3, -0.25) is 9.59 Å². The fourth-order valence-corrected chi connectivity index (χ4v) is 2.42. The number of benzene rings is 2. The molecule has 0 aromatic heterocycles. The SMILES string of the molecule is N#CC(C(=O)Nc1ccc(Cl)cc1)=C1NC(=O)c2ccccc21. The van der Waals surface area contributed by atoms with E-state index >= 15 is 0 Å². The van der Waals surface area contributed by atoms with E-state index in [0.717, 1.165) is 0 Å². The Labute approximate surface area is 137 Å². The van der Waals surface area contributed by atoms with E-state index in [-0.39, 0.29) is 17.2 Å². The number of hydrogen-bond acceptors (Lipinski definition) is 3. The molecule has 23 heavy (non-hydrogen) atoms. The van der Waals surface area contributed by atoms with Crippen molar-refractivity contribution in [3.63, 3.8) is 0 Å². The minimum atomic E-state index is -0.596. The van der Waals surface area contributed by atoms with E-state index in [0.29, 0.717) is 21.8 Å². The van der Waals surface area contributed by atoms with Crippen LogP contribution in [0.15, 0.2) is 54.1 Å². The van der Waals surface area contributed by atoms with Gasteiger partial charge in [0.05, 0.1) is 5.70 Å². The zero-order valence-corrected chi connectivity index (χ0v) is 12.5. The van der Waals surface area contributed by atoms with E-state index in [2.05, 4.69) is 10.6 Å². The number of fused-ring (bicyclic) bond motifs is 1. The Hall–Kier alpha value is -3.10. The summed E-state index contributed by atoms with van der Waals surface area (Å²) in [6.07, 6.45) is 0. The summed E-state index contributed by atoms with van der Waals surface area (Å²) in [5.41, 5.74) is 1.55. The van der Waals surface area contributed by atoms with Crippen molar-refractivity contribution in [1.82, 2.24) is 5.32 Å². The molecule has 1 heterocycles. The van der Waals surface area contributed by atoms with Crippen molar-refractivity contribution in [3.8, 4) is 6.07 Å². The Morgan fingerprint density at radius 2 is 1.74 bits per heavy atom. The maximum absolute atomic E-state index is 12.4. The highest BCUT2D eigenvalue weighted by atomic mass is 35.5. The topological polar surface area (TPSA) is 82.0 Å². The summed E-state index contributed by atoms with van der Waals surface area (Å²) >= 11 is 5.79. The molecule has 0 unspecified atom stereocenters. The number of nitrogens with zero attached hydrogens (tertiary/aromatic N) is 1. The van der Waals surface area contributed by atoms with Crippen LogP contribution in [0.4, 0.5) is 5.69 Å². The van der Waals surface area contributed by atoms with Gasteiger partial charge in [0.1, 0.15) is 11.6 Å². The molecule has 2 N–H and O–H groups in total. The first-order valence-electron chi connectivity index (χ1n) is 6.72. The van der Waals surface area contributed by atoms with Gasteiger partial charge < -0.3 is 10.6 Å². The van der Waals surface area contributed by atoms with E-state index in [1.165, 1.54) is 0 Å². The number of anilines is 1. The molecule has 2 amide bonds. The lowest BCUT2D eigenvalue weighted by Gasteiger charge is -2.07. The van der Waals surface area contributed by atoms with Crippen molar-refractivity contribution in [2.75, 3.05) is 5.32 Å². The molecule has 0 spiro atoms. The van der Waals surface area contributed by atoms with Crippen molar-refractivity contribution in [2.45, 2.75) is 0 Å². The van der Waals surface area contributed by atoms with Gasteiger partial charge in [-0.2, -0.15) is 5.26 Å². The van der Waals surface area contributed by atoms with Gasteiger partial charge in [-0.15, -0.1) is 0 Å². The summed E-state index contributed by atoms with van der Waals surface area (Å²) in [5, 5.41) is 15.1.